The standard InChI is InChI=1S/C20H15NO2S/c1-2-9-16(10-3-1)22-18-12-6-4-8-15(18)14-24-20-21-17-11-5-7-13-19(17)23-20/h1-13H,14H2. The first-order valence-corrected chi connectivity index (χ1v) is 8.66. The number of fused-ring (bicyclic) bond motifs is 1. The van der Waals surface area contributed by atoms with Crippen LogP contribution in [0.25, 0.3) is 11.1 Å². The van der Waals surface area contributed by atoms with Crippen molar-refractivity contribution in [2.45, 2.75) is 11.0 Å². The molecule has 4 heteroatoms. The van der Waals surface area contributed by atoms with E-state index in [0.717, 1.165) is 33.9 Å². The quantitative estimate of drug-likeness (QED) is 0.425. The molecule has 118 valence electrons. The van der Waals surface area contributed by atoms with Crippen molar-refractivity contribution in [2.75, 3.05) is 0 Å². The fourth-order valence-corrected chi connectivity index (χ4v) is 3.22. The minimum absolute atomic E-state index is 0.672. The van der Waals surface area contributed by atoms with Gasteiger partial charge in [-0.05, 0) is 30.3 Å². The SMILES string of the molecule is c1ccc(Oc2ccccc2CSc2nc3ccccc3o2)cc1. The number of hydrogen-bond donors (Lipinski definition) is 0. The van der Waals surface area contributed by atoms with Crippen LogP contribution in [0.2, 0.25) is 0 Å². The van der Waals surface area contributed by atoms with E-state index in [1.165, 1.54) is 0 Å². The van der Waals surface area contributed by atoms with Gasteiger partial charge >= 0.3 is 0 Å². The van der Waals surface area contributed by atoms with Crippen LogP contribution in [0.4, 0.5) is 0 Å². The maximum absolute atomic E-state index is 5.99. The summed E-state index contributed by atoms with van der Waals surface area (Å²) in [5.41, 5.74) is 2.80. The Kier molecular flexibility index (Phi) is 4.21. The smallest absolute Gasteiger partial charge is 0.257 e. The zero-order valence-corrected chi connectivity index (χ0v) is 13.7. The summed E-state index contributed by atoms with van der Waals surface area (Å²) in [6.07, 6.45) is 0. The number of oxazole rings is 1. The van der Waals surface area contributed by atoms with Gasteiger partial charge in [0.05, 0.1) is 0 Å². The number of benzene rings is 3. The molecule has 0 bridgehead atoms. The summed E-state index contributed by atoms with van der Waals surface area (Å²) in [7, 11) is 0. The fourth-order valence-electron chi connectivity index (χ4n) is 2.39. The molecule has 0 amide bonds. The highest BCUT2D eigenvalue weighted by Gasteiger charge is 2.09. The van der Waals surface area contributed by atoms with Gasteiger partial charge in [-0.2, -0.15) is 0 Å². The molecule has 1 aromatic heterocycles. The van der Waals surface area contributed by atoms with Crippen molar-refractivity contribution in [3.63, 3.8) is 0 Å². The monoisotopic (exact) mass is 333 g/mol. The van der Waals surface area contributed by atoms with Crippen LogP contribution in [-0.2, 0) is 5.75 Å². The van der Waals surface area contributed by atoms with E-state index in [4.69, 9.17) is 9.15 Å². The number of rotatable bonds is 5. The van der Waals surface area contributed by atoms with Crippen LogP contribution in [0.15, 0.2) is 88.5 Å². The molecular formula is C20H15NO2S. The normalized spacial score (nSPS) is 10.8. The molecule has 0 aliphatic rings. The lowest BCUT2D eigenvalue weighted by atomic mass is 10.2. The maximum atomic E-state index is 5.99. The van der Waals surface area contributed by atoms with Gasteiger partial charge in [-0.15, -0.1) is 0 Å². The van der Waals surface area contributed by atoms with E-state index >= 15 is 0 Å². The Morgan fingerprint density at radius 3 is 2.46 bits per heavy atom. The third-order valence-corrected chi connectivity index (χ3v) is 4.45. The predicted octanol–water partition coefficient (Wildman–Crippen LogP) is 5.91. The fraction of sp³-hybridized carbons (Fsp3) is 0.0500. The zero-order chi connectivity index (χ0) is 16.2. The minimum atomic E-state index is 0.672. The molecule has 0 spiro atoms. The summed E-state index contributed by atoms with van der Waals surface area (Å²) < 4.78 is 11.8. The molecule has 0 radical (unpaired) electrons. The van der Waals surface area contributed by atoms with Crippen molar-refractivity contribution in [3.8, 4) is 11.5 Å². The van der Waals surface area contributed by atoms with E-state index in [2.05, 4.69) is 11.1 Å². The van der Waals surface area contributed by atoms with E-state index in [0.29, 0.717) is 5.22 Å². The largest absolute Gasteiger partial charge is 0.457 e. The summed E-state index contributed by atoms with van der Waals surface area (Å²) in [4.78, 5) is 4.50. The van der Waals surface area contributed by atoms with Crippen LogP contribution < -0.4 is 4.74 Å². The predicted molar refractivity (Wildman–Crippen MR) is 96.5 cm³/mol. The Bertz CT molecular complexity index is 917. The highest BCUT2D eigenvalue weighted by Crippen LogP contribution is 2.31. The van der Waals surface area contributed by atoms with E-state index in [1.807, 2.05) is 72.8 Å². The number of aromatic nitrogens is 1. The number of nitrogens with zero attached hydrogens (tertiary/aromatic N) is 1. The van der Waals surface area contributed by atoms with E-state index in [1.54, 1.807) is 11.8 Å². The second-order valence-corrected chi connectivity index (χ2v) is 6.19. The minimum Gasteiger partial charge on any atom is -0.457 e. The molecule has 0 saturated heterocycles. The molecule has 3 aromatic carbocycles. The topological polar surface area (TPSA) is 35.3 Å². The van der Waals surface area contributed by atoms with Gasteiger partial charge in [0.25, 0.3) is 5.22 Å². The summed E-state index contributed by atoms with van der Waals surface area (Å²) in [6.45, 7) is 0. The van der Waals surface area contributed by atoms with Gasteiger partial charge in [0.2, 0.25) is 0 Å². The Balaban J connectivity index is 1.52. The van der Waals surface area contributed by atoms with Gasteiger partial charge in [-0.25, -0.2) is 4.98 Å². The third-order valence-electron chi connectivity index (χ3n) is 3.57. The van der Waals surface area contributed by atoms with E-state index in [9.17, 15) is 0 Å². The number of thioether (sulfide) groups is 1. The molecule has 0 atom stereocenters. The average Bonchev–Trinajstić information content (AvgIpc) is 3.05. The van der Waals surface area contributed by atoms with Gasteiger partial charge in [0.1, 0.15) is 17.0 Å². The van der Waals surface area contributed by atoms with Gasteiger partial charge < -0.3 is 9.15 Å². The second-order valence-electron chi connectivity index (χ2n) is 5.26. The molecule has 3 nitrogen and oxygen atoms in total. The average molecular weight is 333 g/mol. The Morgan fingerprint density at radius 1 is 0.833 bits per heavy atom. The first-order chi connectivity index (χ1) is 11.9. The van der Waals surface area contributed by atoms with Crippen molar-refractivity contribution < 1.29 is 9.15 Å². The van der Waals surface area contributed by atoms with Crippen LogP contribution in [0, 0.1) is 0 Å². The van der Waals surface area contributed by atoms with Gasteiger partial charge in [-0.1, -0.05) is 60.3 Å². The molecule has 0 saturated carbocycles. The van der Waals surface area contributed by atoms with Crippen LogP contribution in [0.3, 0.4) is 0 Å². The molecule has 1 heterocycles. The van der Waals surface area contributed by atoms with Crippen molar-refractivity contribution in [1.82, 2.24) is 4.98 Å². The van der Waals surface area contributed by atoms with Crippen molar-refractivity contribution >= 4 is 22.9 Å². The van der Waals surface area contributed by atoms with Crippen molar-refractivity contribution in [1.29, 1.82) is 0 Å². The molecular weight excluding hydrogens is 318 g/mol. The molecule has 0 N–H and O–H groups in total. The van der Waals surface area contributed by atoms with Gasteiger partial charge in [-0.3, -0.25) is 0 Å². The van der Waals surface area contributed by atoms with Crippen LogP contribution in [-0.4, -0.2) is 4.98 Å². The van der Waals surface area contributed by atoms with E-state index < -0.39 is 0 Å². The lowest BCUT2D eigenvalue weighted by Crippen LogP contribution is -1.90. The number of hydrogen-bond acceptors (Lipinski definition) is 4. The van der Waals surface area contributed by atoms with Crippen LogP contribution in [0.1, 0.15) is 5.56 Å². The van der Waals surface area contributed by atoms with Crippen LogP contribution >= 0.6 is 11.8 Å². The Labute approximate surface area is 144 Å². The maximum Gasteiger partial charge on any atom is 0.257 e. The Hall–Kier alpha value is -2.72. The lowest BCUT2D eigenvalue weighted by molar-refractivity contribution is 0.477. The van der Waals surface area contributed by atoms with E-state index in [-0.39, 0.29) is 0 Å². The second kappa shape index (κ2) is 6.81. The highest BCUT2D eigenvalue weighted by atomic mass is 32.2. The molecule has 24 heavy (non-hydrogen) atoms. The highest BCUT2D eigenvalue weighted by molar-refractivity contribution is 7.98. The Morgan fingerprint density at radius 2 is 1.58 bits per heavy atom. The summed E-state index contributed by atoms with van der Waals surface area (Å²) in [6, 6.07) is 25.6. The first kappa shape index (κ1) is 14.8. The van der Waals surface area contributed by atoms with Crippen molar-refractivity contribution in [2.24, 2.45) is 0 Å². The molecule has 0 aliphatic carbocycles. The van der Waals surface area contributed by atoms with Crippen molar-refractivity contribution in [3.05, 3.63) is 84.4 Å². The van der Waals surface area contributed by atoms with Gasteiger partial charge in [0.15, 0.2) is 5.58 Å². The number of ether oxygens (including phenoxy) is 1. The molecule has 4 aromatic rings. The molecule has 0 unspecified atom stereocenters. The summed E-state index contributed by atoms with van der Waals surface area (Å²) >= 11 is 1.57. The lowest BCUT2D eigenvalue weighted by Gasteiger charge is -2.10. The summed E-state index contributed by atoms with van der Waals surface area (Å²) in [5.74, 6) is 2.42. The number of para-hydroxylation sites is 4. The third kappa shape index (κ3) is 3.29. The molecule has 4 rings (SSSR count). The first-order valence-electron chi connectivity index (χ1n) is 7.68. The van der Waals surface area contributed by atoms with Crippen LogP contribution in [0.5, 0.6) is 11.5 Å². The summed E-state index contributed by atoms with van der Waals surface area (Å²) in [5, 5.41) is 0.672. The zero-order valence-electron chi connectivity index (χ0n) is 12.9. The molecule has 0 fully saturated rings. The molecule has 0 aliphatic heterocycles. The van der Waals surface area contributed by atoms with Gasteiger partial charge in [0, 0.05) is 11.3 Å².